The SMILES string of the molecule is CNCc1ccc(Oc2ccc(CO)cc2OC)nc1. The number of methoxy groups -OCH3 is 1. The van der Waals surface area contributed by atoms with Gasteiger partial charge in [-0.05, 0) is 30.3 Å². The number of aliphatic hydroxyl groups is 1. The van der Waals surface area contributed by atoms with E-state index in [0.29, 0.717) is 17.4 Å². The van der Waals surface area contributed by atoms with E-state index in [2.05, 4.69) is 10.3 Å². The minimum atomic E-state index is -0.0341. The van der Waals surface area contributed by atoms with Crippen LogP contribution in [0.1, 0.15) is 11.1 Å². The molecule has 0 spiro atoms. The molecule has 1 heterocycles. The van der Waals surface area contributed by atoms with E-state index in [9.17, 15) is 0 Å². The number of hydrogen-bond acceptors (Lipinski definition) is 5. The number of rotatable bonds is 6. The van der Waals surface area contributed by atoms with Crippen LogP contribution in [0.4, 0.5) is 0 Å². The lowest BCUT2D eigenvalue weighted by molar-refractivity contribution is 0.280. The predicted octanol–water partition coefficient (Wildman–Crippen LogP) is 2.09. The van der Waals surface area contributed by atoms with E-state index in [0.717, 1.165) is 17.7 Å². The Morgan fingerprint density at radius 2 is 1.95 bits per heavy atom. The topological polar surface area (TPSA) is 63.6 Å². The molecule has 106 valence electrons. The van der Waals surface area contributed by atoms with Crippen molar-refractivity contribution in [3.05, 3.63) is 47.7 Å². The summed E-state index contributed by atoms with van der Waals surface area (Å²) in [6, 6.07) is 9.05. The first-order valence-corrected chi connectivity index (χ1v) is 6.32. The molecule has 0 aliphatic carbocycles. The Labute approximate surface area is 118 Å². The van der Waals surface area contributed by atoms with Gasteiger partial charge < -0.3 is 19.9 Å². The molecule has 0 radical (unpaired) electrons. The number of nitrogens with one attached hydrogen (secondary N) is 1. The van der Waals surface area contributed by atoms with Crippen molar-refractivity contribution in [3.8, 4) is 17.4 Å². The fourth-order valence-corrected chi connectivity index (χ4v) is 1.79. The number of pyridine rings is 1. The first-order valence-electron chi connectivity index (χ1n) is 6.32. The molecule has 5 nitrogen and oxygen atoms in total. The molecule has 0 saturated heterocycles. The zero-order valence-electron chi connectivity index (χ0n) is 11.6. The summed E-state index contributed by atoms with van der Waals surface area (Å²) >= 11 is 0. The lowest BCUT2D eigenvalue weighted by atomic mass is 10.2. The lowest BCUT2D eigenvalue weighted by Crippen LogP contribution is -2.05. The summed E-state index contributed by atoms with van der Waals surface area (Å²) < 4.78 is 10.9. The Balaban J connectivity index is 2.16. The third-order valence-corrected chi connectivity index (χ3v) is 2.80. The van der Waals surface area contributed by atoms with Gasteiger partial charge in [-0.2, -0.15) is 0 Å². The Bertz CT molecular complexity index is 556. The van der Waals surface area contributed by atoms with E-state index >= 15 is 0 Å². The lowest BCUT2D eigenvalue weighted by Gasteiger charge is -2.11. The highest BCUT2D eigenvalue weighted by Gasteiger charge is 2.07. The van der Waals surface area contributed by atoms with Crippen LogP contribution in [0.15, 0.2) is 36.5 Å². The van der Waals surface area contributed by atoms with Crippen LogP contribution in [0.2, 0.25) is 0 Å². The smallest absolute Gasteiger partial charge is 0.219 e. The van der Waals surface area contributed by atoms with Crippen molar-refractivity contribution in [2.24, 2.45) is 0 Å². The van der Waals surface area contributed by atoms with Gasteiger partial charge in [0.25, 0.3) is 0 Å². The second-order valence-electron chi connectivity index (χ2n) is 4.28. The van der Waals surface area contributed by atoms with Gasteiger partial charge in [-0.25, -0.2) is 4.98 Å². The summed E-state index contributed by atoms with van der Waals surface area (Å²) in [5.74, 6) is 1.64. The van der Waals surface area contributed by atoms with Crippen LogP contribution in [0, 0.1) is 0 Å². The highest BCUT2D eigenvalue weighted by molar-refractivity contribution is 5.44. The number of benzene rings is 1. The van der Waals surface area contributed by atoms with Gasteiger partial charge in [0, 0.05) is 18.8 Å². The zero-order chi connectivity index (χ0) is 14.4. The molecule has 1 aromatic carbocycles. The van der Waals surface area contributed by atoms with Gasteiger partial charge in [-0.3, -0.25) is 0 Å². The number of ether oxygens (including phenoxy) is 2. The van der Waals surface area contributed by atoms with E-state index < -0.39 is 0 Å². The molecule has 0 fully saturated rings. The molecule has 20 heavy (non-hydrogen) atoms. The summed E-state index contributed by atoms with van der Waals surface area (Å²) in [6.45, 7) is 0.732. The van der Waals surface area contributed by atoms with E-state index in [1.807, 2.05) is 19.2 Å². The van der Waals surface area contributed by atoms with Crippen molar-refractivity contribution >= 4 is 0 Å². The first-order chi connectivity index (χ1) is 9.76. The van der Waals surface area contributed by atoms with Crippen molar-refractivity contribution in [1.29, 1.82) is 0 Å². The maximum absolute atomic E-state index is 9.10. The highest BCUT2D eigenvalue weighted by Crippen LogP contribution is 2.31. The largest absolute Gasteiger partial charge is 0.493 e. The fraction of sp³-hybridized carbons (Fsp3) is 0.267. The van der Waals surface area contributed by atoms with Gasteiger partial charge in [0.2, 0.25) is 5.88 Å². The summed E-state index contributed by atoms with van der Waals surface area (Å²) in [5, 5.41) is 12.2. The maximum atomic E-state index is 9.10. The average Bonchev–Trinajstić information content (AvgIpc) is 2.50. The van der Waals surface area contributed by atoms with Crippen molar-refractivity contribution in [1.82, 2.24) is 10.3 Å². The van der Waals surface area contributed by atoms with Gasteiger partial charge in [0.05, 0.1) is 13.7 Å². The van der Waals surface area contributed by atoms with Gasteiger partial charge in [-0.1, -0.05) is 12.1 Å². The average molecular weight is 274 g/mol. The van der Waals surface area contributed by atoms with E-state index in [-0.39, 0.29) is 6.61 Å². The Morgan fingerprint density at radius 3 is 2.55 bits per heavy atom. The zero-order valence-corrected chi connectivity index (χ0v) is 11.6. The molecule has 1 aromatic heterocycles. The van der Waals surface area contributed by atoms with Crippen LogP contribution in [-0.2, 0) is 13.2 Å². The van der Waals surface area contributed by atoms with Crippen LogP contribution < -0.4 is 14.8 Å². The first kappa shape index (κ1) is 14.3. The number of nitrogens with zero attached hydrogens (tertiary/aromatic N) is 1. The Hall–Kier alpha value is -2.11. The molecule has 5 heteroatoms. The van der Waals surface area contributed by atoms with E-state index in [4.69, 9.17) is 14.6 Å². The van der Waals surface area contributed by atoms with Crippen LogP contribution in [-0.4, -0.2) is 24.2 Å². The van der Waals surface area contributed by atoms with Crippen molar-refractivity contribution in [2.45, 2.75) is 13.2 Å². The third kappa shape index (κ3) is 3.46. The predicted molar refractivity (Wildman–Crippen MR) is 76.0 cm³/mol. The summed E-state index contributed by atoms with van der Waals surface area (Å²) in [4.78, 5) is 4.24. The summed E-state index contributed by atoms with van der Waals surface area (Å²) in [6.07, 6.45) is 1.76. The molecule has 2 rings (SSSR count). The molecule has 0 amide bonds. The van der Waals surface area contributed by atoms with Crippen LogP contribution in [0.3, 0.4) is 0 Å². The highest BCUT2D eigenvalue weighted by atomic mass is 16.5. The van der Waals surface area contributed by atoms with Crippen LogP contribution >= 0.6 is 0 Å². The fourth-order valence-electron chi connectivity index (χ4n) is 1.79. The molecule has 0 aliphatic heterocycles. The van der Waals surface area contributed by atoms with Gasteiger partial charge in [0.1, 0.15) is 0 Å². The summed E-state index contributed by atoms with van der Waals surface area (Å²) in [5.41, 5.74) is 1.86. The minimum absolute atomic E-state index is 0.0341. The minimum Gasteiger partial charge on any atom is -0.493 e. The molecule has 2 N–H and O–H groups in total. The number of aliphatic hydroxyl groups excluding tert-OH is 1. The van der Waals surface area contributed by atoms with Crippen molar-refractivity contribution < 1.29 is 14.6 Å². The quantitative estimate of drug-likeness (QED) is 0.844. The molecule has 0 saturated carbocycles. The van der Waals surface area contributed by atoms with Crippen molar-refractivity contribution in [2.75, 3.05) is 14.2 Å². The Morgan fingerprint density at radius 1 is 1.15 bits per heavy atom. The third-order valence-electron chi connectivity index (χ3n) is 2.80. The molecule has 0 bridgehead atoms. The van der Waals surface area contributed by atoms with Crippen LogP contribution in [0.5, 0.6) is 17.4 Å². The Kier molecular flexibility index (Phi) is 4.92. The monoisotopic (exact) mass is 274 g/mol. The van der Waals surface area contributed by atoms with Gasteiger partial charge in [-0.15, -0.1) is 0 Å². The normalized spacial score (nSPS) is 10.3. The standard InChI is InChI=1S/C15H18N2O3/c1-16-8-12-4-6-15(17-9-12)20-13-5-3-11(10-18)7-14(13)19-2/h3-7,9,16,18H,8,10H2,1-2H3. The second kappa shape index (κ2) is 6.88. The molecular formula is C15H18N2O3. The second-order valence-corrected chi connectivity index (χ2v) is 4.28. The van der Waals surface area contributed by atoms with E-state index in [1.54, 1.807) is 31.5 Å². The molecule has 0 aliphatic rings. The molecule has 2 aromatic rings. The van der Waals surface area contributed by atoms with E-state index in [1.165, 1.54) is 0 Å². The molecule has 0 atom stereocenters. The molecular weight excluding hydrogens is 256 g/mol. The van der Waals surface area contributed by atoms with Gasteiger partial charge in [0.15, 0.2) is 11.5 Å². The summed E-state index contributed by atoms with van der Waals surface area (Å²) in [7, 11) is 3.45. The van der Waals surface area contributed by atoms with Crippen LogP contribution in [0.25, 0.3) is 0 Å². The number of aromatic nitrogens is 1. The maximum Gasteiger partial charge on any atom is 0.219 e. The molecule has 0 unspecified atom stereocenters. The van der Waals surface area contributed by atoms with Crippen molar-refractivity contribution in [3.63, 3.8) is 0 Å². The van der Waals surface area contributed by atoms with Gasteiger partial charge >= 0.3 is 0 Å². The number of hydrogen-bond donors (Lipinski definition) is 2.